The van der Waals surface area contributed by atoms with Gasteiger partial charge in [0, 0.05) is 19.1 Å². The van der Waals surface area contributed by atoms with Crippen molar-refractivity contribution in [1.82, 2.24) is 15.1 Å². The molecule has 0 radical (unpaired) electrons. The maximum Gasteiger partial charge on any atom is 0.242 e. The smallest absolute Gasteiger partial charge is 0.242 e. The van der Waals surface area contributed by atoms with Crippen molar-refractivity contribution >= 4 is 36.6 Å². The first-order chi connectivity index (χ1) is 10.5. The molecule has 3 N–H and O–H groups in total. The summed E-state index contributed by atoms with van der Waals surface area (Å²) in [5.74, 6) is -0.144. The first-order valence-corrected chi connectivity index (χ1v) is 8.54. The Morgan fingerprint density at radius 2 is 1.75 bits per heavy atom. The molecule has 0 aromatic carbocycles. The van der Waals surface area contributed by atoms with Crippen LogP contribution in [0.5, 0.6) is 0 Å². The molecule has 0 aromatic heterocycles. The number of hydrogen-bond donors (Lipinski definition) is 2. The molecule has 2 rings (SSSR count). The SMILES string of the molecule is CC(C)[C@H](N)C(=O)NCC(=O)N1CCCC1CN1CCCC1.Cl.Cl. The summed E-state index contributed by atoms with van der Waals surface area (Å²) in [4.78, 5) is 28.6. The molecule has 2 aliphatic heterocycles. The van der Waals surface area contributed by atoms with Crippen LogP contribution in [0.15, 0.2) is 0 Å². The molecule has 2 amide bonds. The quantitative estimate of drug-likeness (QED) is 0.718. The highest BCUT2D eigenvalue weighted by Crippen LogP contribution is 2.20. The molecule has 2 fully saturated rings. The average molecular weight is 383 g/mol. The average Bonchev–Trinajstić information content (AvgIpc) is 3.15. The number of nitrogens with zero attached hydrogens (tertiary/aromatic N) is 2. The van der Waals surface area contributed by atoms with Gasteiger partial charge in [-0.25, -0.2) is 0 Å². The highest BCUT2D eigenvalue weighted by atomic mass is 35.5. The summed E-state index contributed by atoms with van der Waals surface area (Å²) < 4.78 is 0. The van der Waals surface area contributed by atoms with Gasteiger partial charge in [0.2, 0.25) is 11.8 Å². The molecule has 142 valence electrons. The molecule has 8 heteroatoms. The van der Waals surface area contributed by atoms with E-state index in [1.807, 2.05) is 18.7 Å². The predicted molar refractivity (Wildman–Crippen MR) is 101 cm³/mol. The minimum Gasteiger partial charge on any atom is -0.346 e. The van der Waals surface area contributed by atoms with E-state index in [0.29, 0.717) is 6.04 Å². The fraction of sp³-hybridized carbons (Fsp3) is 0.875. The number of carbonyl (C=O) groups excluding carboxylic acids is 2. The third-order valence-corrected chi connectivity index (χ3v) is 4.80. The van der Waals surface area contributed by atoms with E-state index in [0.717, 1.165) is 39.0 Å². The van der Waals surface area contributed by atoms with Crippen molar-refractivity contribution in [1.29, 1.82) is 0 Å². The van der Waals surface area contributed by atoms with Crippen molar-refractivity contribution in [2.75, 3.05) is 32.7 Å². The highest BCUT2D eigenvalue weighted by molar-refractivity contribution is 5.87. The maximum atomic E-state index is 12.4. The number of nitrogens with two attached hydrogens (primary N) is 1. The molecule has 6 nitrogen and oxygen atoms in total. The van der Waals surface area contributed by atoms with Crippen molar-refractivity contribution in [3.8, 4) is 0 Å². The van der Waals surface area contributed by atoms with Gasteiger partial charge in [0.1, 0.15) is 0 Å². The number of nitrogens with one attached hydrogen (secondary N) is 1. The van der Waals surface area contributed by atoms with Gasteiger partial charge < -0.3 is 20.9 Å². The Hall–Kier alpha value is -0.560. The Labute approximate surface area is 157 Å². The van der Waals surface area contributed by atoms with Crippen LogP contribution >= 0.6 is 24.8 Å². The van der Waals surface area contributed by atoms with Gasteiger partial charge in [-0.1, -0.05) is 13.8 Å². The molecule has 0 aromatic rings. The second kappa shape index (κ2) is 11.1. The van der Waals surface area contributed by atoms with Crippen molar-refractivity contribution in [3.63, 3.8) is 0 Å². The number of hydrogen-bond acceptors (Lipinski definition) is 4. The van der Waals surface area contributed by atoms with Crippen LogP contribution in [0.25, 0.3) is 0 Å². The summed E-state index contributed by atoms with van der Waals surface area (Å²) >= 11 is 0. The van der Waals surface area contributed by atoms with E-state index in [4.69, 9.17) is 5.73 Å². The van der Waals surface area contributed by atoms with Gasteiger partial charge in [0.15, 0.2) is 0 Å². The Balaban J connectivity index is 0.00000264. The monoisotopic (exact) mass is 382 g/mol. The third kappa shape index (κ3) is 6.39. The van der Waals surface area contributed by atoms with Crippen molar-refractivity contribution in [2.45, 2.75) is 51.6 Å². The largest absolute Gasteiger partial charge is 0.346 e. The minimum atomic E-state index is -0.549. The Kier molecular flexibility index (Phi) is 10.9. The van der Waals surface area contributed by atoms with Crippen LogP contribution in [0, 0.1) is 5.92 Å². The van der Waals surface area contributed by atoms with E-state index < -0.39 is 6.04 Å². The number of rotatable bonds is 6. The summed E-state index contributed by atoms with van der Waals surface area (Å²) in [6.07, 6.45) is 4.67. The Bertz CT molecular complexity index is 404. The van der Waals surface area contributed by atoms with Gasteiger partial charge in [0.05, 0.1) is 12.6 Å². The van der Waals surface area contributed by atoms with E-state index in [2.05, 4.69) is 10.2 Å². The number of amides is 2. The van der Waals surface area contributed by atoms with E-state index in [1.54, 1.807) is 0 Å². The van der Waals surface area contributed by atoms with E-state index >= 15 is 0 Å². The minimum absolute atomic E-state index is 0. The number of carbonyl (C=O) groups is 2. The molecule has 0 bridgehead atoms. The topological polar surface area (TPSA) is 78.7 Å². The fourth-order valence-corrected chi connectivity index (χ4v) is 3.30. The third-order valence-electron chi connectivity index (χ3n) is 4.80. The summed E-state index contributed by atoms with van der Waals surface area (Å²) in [6.45, 7) is 7.96. The lowest BCUT2D eigenvalue weighted by Gasteiger charge is -2.28. The zero-order chi connectivity index (χ0) is 16.1. The molecule has 0 aliphatic carbocycles. The van der Waals surface area contributed by atoms with Crippen LogP contribution in [0.3, 0.4) is 0 Å². The summed E-state index contributed by atoms with van der Waals surface area (Å²) in [5, 5.41) is 2.69. The first kappa shape index (κ1) is 23.4. The van der Waals surface area contributed by atoms with Gasteiger partial charge >= 0.3 is 0 Å². The van der Waals surface area contributed by atoms with E-state index in [1.165, 1.54) is 12.8 Å². The summed E-state index contributed by atoms with van der Waals surface area (Å²) in [7, 11) is 0. The summed E-state index contributed by atoms with van der Waals surface area (Å²) in [5.41, 5.74) is 5.79. The number of halogens is 2. The first-order valence-electron chi connectivity index (χ1n) is 8.54. The van der Waals surface area contributed by atoms with Crippen LogP contribution in [-0.4, -0.2) is 66.4 Å². The van der Waals surface area contributed by atoms with Gasteiger partial charge in [0.25, 0.3) is 0 Å². The van der Waals surface area contributed by atoms with Crippen molar-refractivity contribution in [2.24, 2.45) is 11.7 Å². The van der Waals surface area contributed by atoms with E-state index in [-0.39, 0.29) is 49.1 Å². The number of likely N-dealkylation sites (tertiary alicyclic amines) is 2. The standard InChI is InChI=1S/C16H30N4O2.2ClH/c1-12(2)15(17)16(22)18-10-14(21)20-9-5-6-13(20)11-19-7-3-4-8-19;;/h12-13,15H,3-11,17H2,1-2H3,(H,18,22);2*1H/t13?,15-;;/m0../s1. The molecule has 0 spiro atoms. The van der Waals surface area contributed by atoms with Crippen molar-refractivity contribution < 1.29 is 9.59 Å². The second-order valence-electron chi connectivity index (χ2n) is 6.88. The van der Waals surface area contributed by atoms with Gasteiger partial charge in [-0.3, -0.25) is 9.59 Å². The van der Waals surface area contributed by atoms with Crippen LogP contribution in [-0.2, 0) is 9.59 Å². The molecule has 0 saturated carbocycles. The lowest BCUT2D eigenvalue weighted by molar-refractivity contribution is -0.134. The molecule has 1 unspecified atom stereocenters. The van der Waals surface area contributed by atoms with Gasteiger partial charge in [-0.15, -0.1) is 24.8 Å². The van der Waals surface area contributed by atoms with Gasteiger partial charge in [-0.05, 0) is 44.7 Å². The van der Waals surface area contributed by atoms with E-state index in [9.17, 15) is 9.59 Å². The molecule has 2 atom stereocenters. The fourth-order valence-electron chi connectivity index (χ4n) is 3.30. The molecule has 2 aliphatic rings. The Morgan fingerprint density at radius 3 is 2.33 bits per heavy atom. The summed E-state index contributed by atoms with van der Waals surface area (Å²) in [6, 6.07) is -0.243. The molecule has 2 saturated heterocycles. The van der Waals surface area contributed by atoms with Crippen LogP contribution < -0.4 is 11.1 Å². The normalized spacial score (nSPS) is 22.0. The highest BCUT2D eigenvalue weighted by Gasteiger charge is 2.31. The van der Waals surface area contributed by atoms with Gasteiger partial charge in [-0.2, -0.15) is 0 Å². The predicted octanol–water partition coefficient (Wildman–Crippen LogP) is 1.02. The zero-order valence-electron chi connectivity index (χ0n) is 14.7. The lowest BCUT2D eigenvalue weighted by Crippen LogP contribution is -2.50. The maximum absolute atomic E-state index is 12.4. The lowest BCUT2D eigenvalue weighted by atomic mass is 10.1. The Morgan fingerprint density at radius 1 is 1.12 bits per heavy atom. The molecule has 24 heavy (non-hydrogen) atoms. The van der Waals surface area contributed by atoms with Crippen LogP contribution in [0.1, 0.15) is 39.5 Å². The zero-order valence-corrected chi connectivity index (χ0v) is 16.3. The van der Waals surface area contributed by atoms with Crippen LogP contribution in [0.2, 0.25) is 0 Å². The molecular weight excluding hydrogens is 351 g/mol. The second-order valence-corrected chi connectivity index (χ2v) is 6.88. The van der Waals surface area contributed by atoms with Crippen LogP contribution in [0.4, 0.5) is 0 Å². The molecule has 2 heterocycles. The van der Waals surface area contributed by atoms with Crippen molar-refractivity contribution in [3.05, 3.63) is 0 Å². The molecular formula is C16H32Cl2N4O2.